The number of nitro groups is 1. The molecule has 1 aromatic heterocycles. The Kier molecular flexibility index (Phi) is 2.99. The molecule has 0 aliphatic carbocycles. The van der Waals surface area contributed by atoms with Gasteiger partial charge in [0.1, 0.15) is 11.5 Å². The largest absolute Gasteiger partial charge is 0.476 e. The Morgan fingerprint density at radius 2 is 2.16 bits per heavy atom. The molecule has 0 radical (unpaired) electrons. The highest BCUT2D eigenvalue weighted by molar-refractivity contribution is 5.85. The van der Waals surface area contributed by atoms with Gasteiger partial charge in [0.2, 0.25) is 0 Å². The molecule has 2 aromatic rings. The molecule has 2 rings (SSSR count). The van der Waals surface area contributed by atoms with Gasteiger partial charge in [-0.3, -0.25) is 10.1 Å². The fourth-order valence-corrected chi connectivity index (χ4v) is 1.60. The molecular formula is C11H8FN3O4. The van der Waals surface area contributed by atoms with E-state index in [-0.39, 0.29) is 17.1 Å². The standard InChI is InChI=1S/C11H8FN3O4/c1-6-4-9(11(16)17)13-14(6)10-5-7(15(18)19)2-3-8(10)12/h2-5H,1H3,(H,16,17). The average Bonchev–Trinajstić information content (AvgIpc) is 2.72. The van der Waals surface area contributed by atoms with E-state index in [9.17, 15) is 19.3 Å². The smallest absolute Gasteiger partial charge is 0.356 e. The number of carboxylic acid groups (broad SMARTS) is 1. The molecule has 0 bridgehead atoms. The number of aryl methyl sites for hydroxylation is 1. The van der Waals surface area contributed by atoms with E-state index in [0.29, 0.717) is 5.69 Å². The summed E-state index contributed by atoms with van der Waals surface area (Å²) in [5.41, 5.74) is -0.373. The molecule has 1 heterocycles. The number of carbonyl (C=O) groups is 1. The minimum absolute atomic E-state index is 0.167. The molecule has 7 nitrogen and oxygen atoms in total. The number of nitro benzene ring substituents is 1. The second-order valence-electron chi connectivity index (χ2n) is 3.78. The van der Waals surface area contributed by atoms with Crippen LogP contribution in [-0.2, 0) is 0 Å². The Hall–Kier alpha value is -2.77. The highest BCUT2D eigenvalue weighted by atomic mass is 19.1. The fourth-order valence-electron chi connectivity index (χ4n) is 1.60. The number of non-ortho nitro benzene ring substituents is 1. The highest BCUT2D eigenvalue weighted by Gasteiger charge is 2.17. The van der Waals surface area contributed by atoms with Gasteiger partial charge in [0.05, 0.1) is 4.92 Å². The Morgan fingerprint density at radius 3 is 2.68 bits per heavy atom. The minimum atomic E-state index is -1.26. The highest BCUT2D eigenvalue weighted by Crippen LogP contribution is 2.21. The maximum absolute atomic E-state index is 13.7. The van der Waals surface area contributed by atoms with Crippen molar-refractivity contribution in [2.75, 3.05) is 0 Å². The van der Waals surface area contributed by atoms with Crippen LogP contribution in [0.3, 0.4) is 0 Å². The van der Waals surface area contributed by atoms with Crippen molar-refractivity contribution in [2.24, 2.45) is 0 Å². The topological polar surface area (TPSA) is 98.3 Å². The molecule has 0 aliphatic heterocycles. The van der Waals surface area contributed by atoms with Crippen LogP contribution in [0.15, 0.2) is 24.3 Å². The lowest BCUT2D eigenvalue weighted by molar-refractivity contribution is -0.384. The number of carboxylic acids is 1. The minimum Gasteiger partial charge on any atom is -0.476 e. The van der Waals surface area contributed by atoms with E-state index in [1.807, 2.05) is 0 Å². The molecule has 1 N–H and O–H groups in total. The summed E-state index contributed by atoms with van der Waals surface area (Å²) in [4.78, 5) is 20.8. The van der Waals surface area contributed by atoms with Crippen molar-refractivity contribution in [1.82, 2.24) is 9.78 Å². The molecule has 0 amide bonds. The summed E-state index contributed by atoms with van der Waals surface area (Å²) in [6.45, 7) is 1.53. The third kappa shape index (κ3) is 2.28. The summed E-state index contributed by atoms with van der Waals surface area (Å²) < 4.78 is 14.7. The van der Waals surface area contributed by atoms with Gasteiger partial charge < -0.3 is 5.11 Å². The lowest BCUT2D eigenvalue weighted by Gasteiger charge is -2.05. The second kappa shape index (κ2) is 4.48. The number of aromatic nitrogens is 2. The number of hydrogen-bond donors (Lipinski definition) is 1. The van der Waals surface area contributed by atoms with Crippen LogP contribution in [0.5, 0.6) is 0 Å². The molecule has 98 valence electrons. The molecule has 0 saturated carbocycles. The Morgan fingerprint density at radius 1 is 1.47 bits per heavy atom. The molecule has 0 aliphatic rings. The van der Waals surface area contributed by atoms with E-state index < -0.39 is 16.7 Å². The number of nitrogens with zero attached hydrogens (tertiary/aromatic N) is 3. The van der Waals surface area contributed by atoms with Crippen LogP contribution in [0, 0.1) is 22.9 Å². The number of rotatable bonds is 3. The van der Waals surface area contributed by atoms with Gasteiger partial charge in [-0.15, -0.1) is 0 Å². The van der Waals surface area contributed by atoms with Crippen LogP contribution in [0.2, 0.25) is 0 Å². The van der Waals surface area contributed by atoms with Crippen LogP contribution >= 0.6 is 0 Å². The molecule has 0 atom stereocenters. The van der Waals surface area contributed by atoms with Crippen LogP contribution in [-0.4, -0.2) is 25.8 Å². The Labute approximate surface area is 106 Å². The molecule has 0 unspecified atom stereocenters. The molecule has 19 heavy (non-hydrogen) atoms. The molecule has 0 saturated heterocycles. The van der Waals surface area contributed by atoms with E-state index in [0.717, 1.165) is 22.9 Å². The normalized spacial score (nSPS) is 10.4. The zero-order valence-corrected chi connectivity index (χ0v) is 9.70. The van der Waals surface area contributed by atoms with Crippen LogP contribution in [0.4, 0.5) is 10.1 Å². The Balaban J connectivity index is 2.61. The summed E-state index contributed by atoms with van der Waals surface area (Å²) in [5.74, 6) is -1.98. The first kappa shape index (κ1) is 12.7. The van der Waals surface area contributed by atoms with Crippen LogP contribution < -0.4 is 0 Å². The third-order valence-corrected chi connectivity index (χ3v) is 2.48. The summed E-state index contributed by atoms with van der Waals surface area (Å²) in [5, 5.41) is 23.2. The van der Waals surface area contributed by atoms with E-state index >= 15 is 0 Å². The molecule has 0 spiro atoms. The average molecular weight is 265 g/mol. The third-order valence-electron chi connectivity index (χ3n) is 2.48. The van der Waals surface area contributed by atoms with Crippen molar-refractivity contribution in [3.63, 3.8) is 0 Å². The van der Waals surface area contributed by atoms with E-state index in [1.54, 1.807) is 0 Å². The van der Waals surface area contributed by atoms with Gasteiger partial charge in [-0.1, -0.05) is 0 Å². The number of hydrogen-bond acceptors (Lipinski definition) is 4. The van der Waals surface area contributed by atoms with Gasteiger partial charge in [-0.25, -0.2) is 13.9 Å². The first-order chi connectivity index (χ1) is 8.90. The van der Waals surface area contributed by atoms with Crippen molar-refractivity contribution in [3.05, 3.63) is 51.6 Å². The monoisotopic (exact) mass is 265 g/mol. The van der Waals surface area contributed by atoms with Gasteiger partial charge in [0.25, 0.3) is 5.69 Å². The van der Waals surface area contributed by atoms with Gasteiger partial charge in [-0.2, -0.15) is 5.10 Å². The predicted molar refractivity (Wildman–Crippen MR) is 61.9 cm³/mol. The van der Waals surface area contributed by atoms with Gasteiger partial charge >= 0.3 is 5.97 Å². The van der Waals surface area contributed by atoms with Crippen molar-refractivity contribution in [1.29, 1.82) is 0 Å². The van der Waals surface area contributed by atoms with Gasteiger partial charge in [0.15, 0.2) is 5.69 Å². The number of halogens is 1. The molecule has 1 aromatic carbocycles. The maximum atomic E-state index is 13.7. The summed E-state index contributed by atoms with van der Waals surface area (Å²) in [7, 11) is 0. The quantitative estimate of drug-likeness (QED) is 0.675. The SMILES string of the molecule is Cc1cc(C(=O)O)nn1-c1cc([N+](=O)[O-])ccc1F. The van der Waals surface area contributed by atoms with Crippen molar-refractivity contribution >= 4 is 11.7 Å². The number of benzene rings is 1. The van der Waals surface area contributed by atoms with Gasteiger partial charge in [0, 0.05) is 17.8 Å². The van der Waals surface area contributed by atoms with Crippen molar-refractivity contribution < 1.29 is 19.2 Å². The Bertz CT molecular complexity index is 681. The summed E-state index contributed by atoms with van der Waals surface area (Å²) in [6, 6.07) is 4.21. The zero-order valence-electron chi connectivity index (χ0n) is 9.70. The molecular weight excluding hydrogens is 257 g/mol. The number of aromatic carboxylic acids is 1. The first-order valence-electron chi connectivity index (χ1n) is 5.14. The van der Waals surface area contributed by atoms with E-state index in [4.69, 9.17) is 5.11 Å². The fraction of sp³-hybridized carbons (Fsp3) is 0.0909. The zero-order chi connectivity index (χ0) is 14.2. The predicted octanol–water partition coefficient (Wildman–Crippen LogP) is 1.93. The summed E-state index contributed by atoms with van der Waals surface area (Å²) >= 11 is 0. The van der Waals surface area contributed by atoms with E-state index in [1.165, 1.54) is 13.0 Å². The molecule has 0 fully saturated rings. The van der Waals surface area contributed by atoms with Crippen molar-refractivity contribution in [2.45, 2.75) is 6.92 Å². The van der Waals surface area contributed by atoms with Crippen LogP contribution in [0.1, 0.15) is 16.2 Å². The second-order valence-corrected chi connectivity index (χ2v) is 3.78. The van der Waals surface area contributed by atoms with Crippen molar-refractivity contribution in [3.8, 4) is 5.69 Å². The lowest BCUT2D eigenvalue weighted by Crippen LogP contribution is -2.05. The molecule has 8 heteroatoms. The summed E-state index contributed by atoms with van der Waals surface area (Å²) in [6.07, 6.45) is 0. The lowest BCUT2D eigenvalue weighted by atomic mass is 10.2. The van der Waals surface area contributed by atoms with Crippen LogP contribution in [0.25, 0.3) is 5.69 Å². The maximum Gasteiger partial charge on any atom is 0.356 e. The van der Waals surface area contributed by atoms with E-state index in [2.05, 4.69) is 5.10 Å². The van der Waals surface area contributed by atoms with Gasteiger partial charge in [-0.05, 0) is 19.1 Å². The first-order valence-corrected chi connectivity index (χ1v) is 5.14.